The van der Waals surface area contributed by atoms with Gasteiger partial charge in [-0.05, 0) is 83.9 Å². The highest BCUT2D eigenvalue weighted by molar-refractivity contribution is 7.91. The van der Waals surface area contributed by atoms with E-state index in [4.69, 9.17) is 0 Å². The molecule has 6 nitrogen and oxygen atoms in total. The van der Waals surface area contributed by atoms with Crippen molar-refractivity contribution in [2.45, 2.75) is 9.79 Å². The van der Waals surface area contributed by atoms with Crippen molar-refractivity contribution in [3.63, 3.8) is 0 Å². The molecular formula is C30H24N2O4S. The average Bonchev–Trinajstić information content (AvgIpc) is 2.93. The summed E-state index contributed by atoms with van der Waals surface area (Å²) in [4.78, 5) is 25.2. The van der Waals surface area contributed by atoms with Crippen LogP contribution in [0.2, 0.25) is 0 Å². The Hall–Kier alpha value is -4.75. The van der Waals surface area contributed by atoms with Crippen molar-refractivity contribution in [2.75, 3.05) is 10.6 Å². The van der Waals surface area contributed by atoms with Crippen LogP contribution in [0.1, 0.15) is 31.8 Å². The number of carbonyl (C=O) groups is 2. The van der Waals surface area contributed by atoms with Crippen LogP contribution in [0.4, 0.5) is 11.4 Å². The van der Waals surface area contributed by atoms with Gasteiger partial charge in [-0.2, -0.15) is 0 Å². The van der Waals surface area contributed by atoms with Crippen molar-refractivity contribution in [1.29, 1.82) is 0 Å². The molecule has 4 rings (SSSR count). The van der Waals surface area contributed by atoms with Gasteiger partial charge in [0.1, 0.15) is 0 Å². The molecule has 0 aromatic heterocycles. The summed E-state index contributed by atoms with van der Waals surface area (Å²) >= 11 is 0. The molecule has 4 aromatic rings. The minimum Gasteiger partial charge on any atom is -0.322 e. The highest BCUT2D eigenvalue weighted by Crippen LogP contribution is 2.24. The summed E-state index contributed by atoms with van der Waals surface area (Å²) in [5, 5.41) is 5.52. The van der Waals surface area contributed by atoms with E-state index in [1.54, 1.807) is 48.6 Å². The summed E-state index contributed by atoms with van der Waals surface area (Å²) in [7, 11) is -3.80. The van der Waals surface area contributed by atoms with Crippen LogP contribution in [0.3, 0.4) is 0 Å². The van der Waals surface area contributed by atoms with Crippen LogP contribution in [0.15, 0.2) is 120 Å². The van der Waals surface area contributed by atoms with Crippen LogP contribution in [-0.2, 0) is 9.84 Å². The molecule has 0 aliphatic heterocycles. The lowest BCUT2D eigenvalue weighted by Gasteiger charge is -2.10. The number of nitrogens with one attached hydrogen (secondary N) is 2. The largest absolute Gasteiger partial charge is 0.322 e. The first kappa shape index (κ1) is 25.3. The summed E-state index contributed by atoms with van der Waals surface area (Å²) in [6.45, 7) is 7.40. The number of sulfone groups is 1. The normalized spacial score (nSPS) is 10.8. The van der Waals surface area contributed by atoms with Crippen LogP contribution in [-0.4, -0.2) is 20.2 Å². The molecule has 0 radical (unpaired) electrons. The van der Waals surface area contributed by atoms with Crippen LogP contribution >= 0.6 is 0 Å². The quantitative estimate of drug-likeness (QED) is 0.292. The number of benzene rings is 4. The van der Waals surface area contributed by atoms with Gasteiger partial charge in [-0.1, -0.05) is 49.6 Å². The molecule has 0 atom stereocenters. The van der Waals surface area contributed by atoms with Gasteiger partial charge >= 0.3 is 0 Å². The Balaban J connectivity index is 1.45. The number of carbonyl (C=O) groups excluding carboxylic acids is 2. The van der Waals surface area contributed by atoms with Crippen LogP contribution in [0.25, 0.3) is 12.2 Å². The fourth-order valence-corrected chi connectivity index (χ4v) is 4.85. The fraction of sp³-hybridized carbons (Fsp3) is 0. The van der Waals surface area contributed by atoms with E-state index >= 15 is 0 Å². The van der Waals surface area contributed by atoms with E-state index in [1.165, 1.54) is 48.5 Å². The number of rotatable bonds is 8. The molecule has 0 bridgehead atoms. The number of anilines is 2. The van der Waals surface area contributed by atoms with Crippen LogP contribution in [0, 0.1) is 0 Å². The molecule has 0 aliphatic carbocycles. The molecule has 0 spiro atoms. The lowest BCUT2D eigenvalue weighted by molar-refractivity contribution is 0.101. The van der Waals surface area contributed by atoms with Gasteiger partial charge in [-0.3, -0.25) is 9.59 Å². The molecule has 184 valence electrons. The van der Waals surface area contributed by atoms with Gasteiger partial charge in [0.05, 0.1) is 9.79 Å². The smallest absolute Gasteiger partial charge is 0.255 e. The van der Waals surface area contributed by atoms with Crippen molar-refractivity contribution in [1.82, 2.24) is 0 Å². The molecule has 4 aromatic carbocycles. The Morgan fingerprint density at radius 2 is 0.973 bits per heavy atom. The summed E-state index contributed by atoms with van der Waals surface area (Å²) in [5.74, 6) is -0.624. The molecule has 7 heteroatoms. The van der Waals surface area contributed by atoms with Crippen molar-refractivity contribution < 1.29 is 18.0 Å². The zero-order chi connectivity index (χ0) is 26.4. The number of hydrogen-bond donors (Lipinski definition) is 2. The van der Waals surface area contributed by atoms with Gasteiger partial charge in [-0.25, -0.2) is 8.42 Å². The minimum absolute atomic E-state index is 0.0807. The molecule has 0 fully saturated rings. The summed E-state index contributed by atoms with van der Waals surface area (Å²) < 4.78 is 26.2. The van der Waals surface area contributed by atoms with E-state index < -0.39 is 9.84 Å². The second kappa shape index (κ2) is 10.9. The molecule has 0 unspecified atom stereocenters. The van der Waals surface area contributed by atoms with E-state index in [1.807, 2.05) is 12.1 Å². The standard InChI is InChI=1S/C30H24N2O4S/c1-3-21-7-5-9-23(19-21)29(33)31-25-11-15-27(16-12-25)37(35,36)28-17-13-26(14-18-28)32-30(34)24-10-6-8-22(4-2)20-24/h3-20H,1-2H2,(H,31,33)(H,32,34). The SMILES string of the molecule is C=Cc1cccc(C(=O)Nc2ccc(S(=O)(=O)c3ccc(NC(=O)c4cccc(C=C)c4)cc3)cc2)c1. The molecule has 0 saturated carbocycles. The van der Waals surface area contributed by atoms with E-state index in [-0.39, 0.29) is 21.6 Å². The van der Waals surface area contributed by atoms with Crippen molar-refractivity contribution in [3.8, 4) is 0 Å². The predicted octanol–water partition coefficient (Wildman–Crippen LogP) is 6.31. The van der Waals surface area contributed by atoms with E-state index in [0.717, 1.165) is 11.1 Å². The molecule has 0 aliphatic rings. The summed E-state index contributed by atoms with van der Waals surface area (Å²) in [6, 6.07) is 25.9. The Labute approximate surface area is 215 Å². The first-order chi connectivity index (χ1) is 17.8. The van der Waals surface area contributed by atoms with E-state index in [9.17, 15) is 18.0 Å². The van der Waals surface area contributed by atoms with Gasteiger partial charge in [0.2, 0.25) is 9.84 Å². The highest BCUT2D eigenvalue weighted by Gasteiger charge is 2.18. The zero-order valence-corrected chi connectivity index (χ0v) is 20.7. The van der Waals surface area contributed by atoms with Gasteiger partial charge in [0.15, 0.2) is 0 Å². The monoisotopic (exact) mass is 508 g/mol. The van der Waals surface area contributed by atoms with Crippen LogP contribution in [0.5, 0.6) is 0 Å². The van der Waals surface area contributed by atoms with Gasteiger partial charge < -0.3 is 10.6 Å². The Kier molecular flexibility index (Phi) is 7.46. The third-order valence-corrected chi connectivity index (χ3v) is 7.40. The van der Waals surface area contributed by atoms with Crippen molar-refractivity contribution in [2.24, 2.45) is 0 Å². The lowest BCUT2D eigenvalue weighted by atomic mass is 10.1. The zero-order valence-electron chi connectivity index (χ0n) is 19.8. The summed E-state index contributed by atoms with van der Waals surface area (Å²) in [6.07, 6.45) is 3.30. The van der Waals surface area contributed by atoms with Gasteiger partial charge in [0, 0.05) is 22.5 Å². The van der Waals surface area contributed by atoms with Crippen molar-refractivity contribution in [3.05, 3.63) is 132 Å². The number of hydrogen-bond acceptors (Lipinski definition) is 4. The van der Waals surface area contributed by atoms with E-state index in [2.05, 4.69) is 23.8 Å². The van der Waals surface area contributed by atoms with E-state index in [0.29, 0.717) is 22.5 Å². The highest BCUT2D eigenvalue weighted by atomic mass is 32.2. The topological polar surface area (TPSA) is 92.3 Å². The fourth-order valence-electron chi connectivity index (χ4n) is 3.59. The maximum atomic E-state index is 13.1. The average molecular weight is 509 g/mol. The third kappa shape index (κ3) is 5.91. The first-order valence-corrected chi connectivity index (χ1v) is 12.8. The van der Waals surface area contributed by atoms with Gasteiger partial charge in [-0.15, -0.1) is 0 Å². The Morgan fingerprint density at radius 1 is 0.595 bits per heavy atom. The first-order valence-electron chi connectivity index (χ1n) is 11.3. The maximum absolute atomic E-state index is 13.1. The maximum Gasteiger partial charge on any atom is 0.255 e. The molecule has 0 heterocycles. The summed E-state index contributed by atoms with van der Waals surface area (Å²) in [5.41, 5.74) is 3.51. The minimum atomic E-state index is -3.80. The Bertz CT molecular complexity index is 1470. The van der Waals surface area contributed by atoms with Crippen LogP contribution < -0.4 is 10.6 Å². The molecule has 37 heavy (non-hydrogen) atoms. The van der Waals surface area contributed by atoms with Gasteiger partial charge in [0.25, 0.3) is 11.8 Å². The predicted molar refractivity (Wildman–Crippen MR) is 147 cm³/mol. The third-order valence-electron chi connectivity index (χ3n) is 5.61. The second-order valence-electron chi connectivity index (χ2n) is 8.12. The second-order valence-corrected chi connectivity index (χ2v) is 10.1. The molecule has 2 amide bonds. The Morgan fingerprint density at radius 3 is 1.32 bits per heavy atom. The molecule has 2 N–H and O–H groups in total. The number of amides is 2. The lowest BCUT2D eigenvalue weighted by Crippen LogP contribution is -2.12. The molecular weight excluding hydrogens is 484 g/mol. The molecule has 0 saturated heterocycles. The van der Waals surface area contributed by atoms with Crippen molar-refractivity contribution >= 4 is 45.2 Å².